The van der Waals surface area contributed by atoms with Crippen molar-refractivity contribution in [3.63, 3.8) is 0 Å². The van der Waals surface area contributed by atoms with E-state index in [4.69, 9.17) is 9.47 Å². The topological polar surface area (TPSA) is 86.5 Å². The molecule has 0 aliphatic heterocycles. The molecule has 13 aromatic carbocycles. The zero-order valence-corrected chi connectivity index (χ0v) is 57.5. The first-order valence-corrected chi connectivity index (χ1v) is 34.5. The number of para-hydroxylation sites is 2. The molecule has 16 aromatic rings. The molecule has 0 saturated carbocycles. The van der Waals surface area contributed by atoms with Gasteiger partial charge in [-0.2, -0.15) is 0 Å². The molecular weight excluding hydrogens is 1260 g/mol. The van der Waals surface area contributed by atoms with Crippen LogP contribution in [0.1, 0.15) is 38.8 Å². The molecule has 103 heavy (non-hydrogen) atoms. The lowest BCUT2D eigenvalue weighted by Gasteiger charge is -2.28. The number of ether oxygens (including phenoxy) is 2. The summed E-state index contributed by atoms with van der Waals surface area (Å²) in [6.45, 7) is 15.4. The Morgan fingerprint density at radius 3 is 1.38 bits per heavy atom. The van der Waals surface area contributed by atoms with Crippen molar-refractivity contribution >= 4 is 72.4 Å². The molecule has 494 valence electrons. The van der Waals surface area contributed by atoms with Crippen LogP contribution in [0.3, 0.4) is 0 Å². The predicted octanol–water partition coefficient (Wildman–Crippen LogP) is 24.3. The van der Waals surface area contributed by atoms with Crippen LogP contribution in [0, 0.1) is 0 Å². The van der Waals surface area contributed by atoms with E-state index in [1.165, 1.54) is 49.6 Å². The van der Waals surface area contributed by atoms with Crippen molar-refractivity contribution in [3.05, 3.63) is 364 Å². The van der Waals surface area contributed by atoms with Gasteiger partial charge in [0.2, 0.25) is 0 Å². The number of benzene rings is 13. The molecule has 0 N–H and O–H groups in total. The number of anilines is 3. The number of hydrogen-bond acceptors (Lipinski definition) is 7. The molecule has 3 aromatic heterocycles. The van der Waals surface area contributed by atoms with Crippen LogP contribution in [0.5, 0.6) is 11.5 Å². The van der Waals surface area contributed by atoms with Gasteiger partial charge in [-0.1, -0.05) is 203 Å². The van der Waals surface area contributed by atoms with Crippen molar-refractivity contribution in [1.29, 1.82) is 0 Å². The summed E-state index contributed by atoms with van der Waals surface area (Å²) in [5.74, 6) is 0.0938. The molecule has 0 unspecified atom stereocenters. The lowest BCUT2D eigenvalue weighted by atomic mass is 9.82. The third-order valence-corrected chi connectivity index (χ3v) is 19.7. The van der Waals surface area contributed by atoms with Crippen LogP contribution in [0.25, 0.3) is 127 Å². The minimum Gasteiger partial charge on any atom is -0.423 e. The van der Waals surface area contributed by atoms with E-state index in [-0.39, 0.29) is 5.41 Å². The normalized spacial score (nSPS) is 11.9. The van der Waals surface area contributed by atoms with E-state index in [1.54, 1.807) is 13.8 Å². The van der Waals surface area contributed by atoms with Gasteiger partial charge in [0.15, 0.2) is 0 Å². The highest BCUT2D eigenvalue weighted by Gasteiger charge is 2.36. The summed E-state index contributed by atoms with van der Waals surface area (Å²) in [6, 6.07) is 107. The van der Waals surface area contributed by atoms with E-state index in [0.29, 0.717) is 22.6 Å². The summed E-state index contributed by atoms with van der Waals surface area (Å²) < 4.78 is 13.5. The maximum absolute atomic E-state index is 12.5. The molecule has 17 rings (SSSR count). The van der Waals surface area contributed by atoms with Crippen LogP contribution in [0.4, 0.5) is 17.1 Å². The molecule has 0 bridgehead atoms. The van der Waals surface area contributed by atoms with Gasteiger partial charge in [-0.15, -0.1) is 0 Å². The Morgan fingerprint density at radius 1 is 0.340 bits per heavy atom. The smallest absolute Gasteiger partial charge is 0.338 e. The minimum absolute atomic E-state index is 0.130. The molecule has 0 atom stereocenters. The van der Waals surface area contributed by atoms with E-state index < -0.39 is 11.9 Å². The van der Waals surface area contributed by atoms with E-state index in [0.717, 1.165) is 105 Å². The molecular formula is C95H70N4O4. The summed E-state index contributed by atoms with van der Waals surface area (Å²) in [5.41, 5.74) is 25.8. The molecule has 8 heteroatoms. The van der Waals surface area contributed by atoms with Gasteiger partial charge in [-0.05, 0) is 252 Å². The highest BCUT2D eigenvalue weighted by Crippen LogP contribution is 2.52. The first-order valence-electron chi connectivity index (χ1n) is 34.5. The minimum atomic E-state index is -0.448. The van der Waals surface area contributed by atoms with E-state index in [2.05, 4.69) is 289 Å². The molecule has 3 heterocycles. The molecule has 0 spiro atoms. The van der Waals surface area contributed by atoms with Crippen LogP contribution in [-0.2, 0) is 15.0 Å². The second kappa shape index (κ2) is 27.1. The number of fused-ring (bicyclic) bond motifs is 8. The fourth-order valence-electron chi connectivity index (χ4n) is 14.6. The van der Waals surface area contributed by atoms with Crippen molar-refractivity contribution in [3.8, 4) is 95.1 Å². The number of pyridine rings is 2. The summed E-state index contributed by atoms with van der Waals surface area (Å²) in [5, 5.41) is 6.78. The number of rotatable bonds is 14. The molecule has 0 saturated heterocycles. The average molecular weight is 1330 g/mol. The Balaban J connectivity index is 0.000000166. The number of carbonyl (C=O) groups excluding carboxylic acids is 2. The van der Waals surface area contributed by atoms with Gasteiger partial charge in [0.25, 0.3) is 0 Å². The molecule has 0 amide bonds. The average Bonchev–Trinajstić information content (AvgIpc) is 1.71. The first kappa shape index (κ1) is 64.4. The largest absolute Gasteiger partial charge is 0.423 e. The Morgan fingerprint density at radius 2 is 0.777 bits per heavy atom. The van der Waals surface area contributed by atoms with E-state index >= 15 is 0 Å². The van der Waals surface area contributed by atoms with Crippen LogP contribution in [0.2, 0.25) is 0 Å². The van der Waals surface area contributed by atoms with Crippen LogP contribution >= 0.6 is 0 Å². The Hall–Kier alpha value is -13.3. The van der Waals surface area contributed by atoms with Gasteiger partial charge in [-0.25, -0.2) is 9.59 Å². The second-order valence-corrected chi connectivity index (χ2v) is 26.8. The molecule has 1 aliphatic rings. The summed E-state index contributed by atoms with van der Waals surface area (Å²) >= 11 is 0. The Kier molecular flexibility index (Phi) is 16.9. The maximum Gasteiger partial charge on any atom is 0.338 e. The number of esters is 2. The third-order valence-electron chi connectivity index (χ3n) is 19.7. The molecule has 1 aliphatic carbocycles. The van der Waals surface area contributed by atoms with Crippen molar-refractivity contribution in [2.24, 2.45) is 0 Å². The zero-order chi connectivity index (χ0) is 70.3. The third kappa shape index (κ3) is 12.3. The van der Waals surface area contributed by atoms with Crippen LogP contribution < -0.4 is 14.4 Å². The maximum atomic E-state index is 12.5. The van der Waals surface area contributed by atoms with E-state index in [1.807, 2.05) is 85.5 Å². The van der Waals surface area contributed by atoms with Crippen molar-refractivity contribution in [1.82, 2.24) is 14.5 Å². The SMILES string of the molecule is C=C(C)C(=O)Oc1ccc(-c2ccc(N(c3ccc(-c4ccc5c(c4)c4ccccc4n5-c4ccccc4)cc3)c3ccc4c(c3)C(C)(C)c3ccccc3-4)cc2)cc1.C=C(C)C(=O)Oc1ccc2c(-c3cccc(-c4ccncc4)c3)c3ccccc3c(-c3cccc(-c4ccncc4)c3)c2c1. The zero-order valence-electron chi connectivity index (χ0n) is 57.5. The first-order chi connectivity index (χ1) is 50.3. The van der Waals surface area contributed by atoms with Crippen molar-refractivity contribution in [2.75, 3.05) is 4.90 Å². The van der Waals surface area contributed by atoms with Crippen molar-refractivity contribution in [2.45, 2.75) is 33.1 Å². The monoisotopic (exact) mass is 1330 g/mol. The highest BCUT2D eigenvalue weighted by atomic mass is 16.5. The second-order valence-electron chi connectivity index (χ2n) is 26.8. The quantitative estimate of drug-likeness (QED) is 0.0464. The highest BCUT2D eigenvalue weighted by molar-refractivity contribution is 6.22. The van der Waals surface area contributed by atoms with Gasteiger partial charge in [0, 0.05) is 74.9 Å². The van der Waals surface area contributed by atoms with Crippen LogP contribution in [-0.4, -0.2) is 26.5 Å². The lowest BCUT2D eigenvalue weighted by molar-refractivity contribution is -0.130. The standard InChI is InChI=1S/C55H42N2O2.C40H28N2O2/c1-36(2)54(58)59-45-30-22-38(23-31-45)37-18-25-42(26-19-37)56(44-29-32-47-46-14-8-10-16-50(46)55(3,4)51(47)35-44)43-27-20-39(21-28-43)40-24-33-53-49(34-40)48-15-9-11-17-52(48)57(53)41-12-6-5-7-13-41;1-26(2)40(43)44-33-13-14-36-37(25-33)39(32-10-6-8-30(24-32)28-17-21-42-22-18-28)35-12-4-3-11-34(35)38(36)31-9-5-7-29(23-31)27-15-19-41-20-16-27/h5-35H,1H2,2-4H3;3-25H,1H2,2H3. The predicted molar refractivity (Wildman–Crippen MR) is 424 cm³/mol. The fourth-order valence-corrected chi connectivity index (χ4v) is 14.6. The van der Waals surface area contributed by atoms with Gasteiger partial charge in [0.05, 0.1) is 11.0 Å². The van der Waals surface area contributed by atoms with Gasteiger partial charge >= 0.3 is 11.9 Å². The Bertz CT molecular complexity index is 5980. The lowest BCUT2D eigenvalue weighted by Crippen LogP contribution is -2.16. The van der Waals surface area contributed by atoms with Crippen molar-refractivity contribution < 1.29 is 19.1 Å². The number of aromatic nitrogens is 3. The number of nitrogens with zero attached hydrogens (tertiary/aromatic N) is 4. The van der Waals surface area contributed by atoms with E-state index in [9.17, 15) is 9.59 Å². The Labute approximate surface area is 599 Å². The van der Waals surface area contributed by atoms with Gasteiger partial charge < -0.3 is 18.9 Å². The van der Waals surface area contributed by atoms with Gasteiger partial charge in [-0.3, -0.25) is 9.97 Å². The summed E-state index contributed by atoms with van der Waals surface area (Å²) in [6.07, 6.45) is 7.25. The molecule has 8 nitrogen and oxygen atoms in total. The van der Waals surface area contributed by atoms with Gasteiger partial charge in [0.1, 0.15) is 11.5 Å². The number of carbonyl (C=O) groups is 2. The summed E-state index contributed by atoms with van der Waals surface area (Å²) in [4.78, 5) is 35.3. The summed E-state index contributed by atoms with van der Waals surface area (Å²) in [7, 11) is 0. The number of hydrogen-bond donors (Lipinski definition) is 0. The molecule has 0 radical (unpaired) electrons. The fraction of sp³-hybridized carbons (Fsp3) is 0.0526. The van der Waals surface area contributed by atoms with Crippen LogP contribution in [0.15, 0.2) is 352 Å². The molecule has 0 fully saturated rings.